The lowest BCUT2D eigenvalue weighted by Gasteiger charge is -2.25. The van der Waals surface area contributed by atoms with E-state index in [0.29, 0.717) is 25.9 Å². The zero-order valence-corrected chi connectivity index (χ0v) is 16.5. The van der Waals surface area contributed by atoms with Crippen molar-refractivity contribution in [2.75, 3.05) is 6.61 Å². The number of Topliss-reactive ketones (excluding diaryl/α,β-unsaturated/α-hetero) is 2. The summed E-state index contributed by atoms with van der Waals surface area (Å²) in [5.41, 5.74) is 0. The molecule has 1 aliphatic carbocycles. The van der Waals surface area contributed by atoms with Crippen LogP contribution < -0.4 is 5.32 Å². The fraction of sp³-hybridized carbons (Fsp3) is 0.810. The summed E-state index contributed by atoms with van der Waals surface area (Å²) in [6.07, 6.45) is 5.59. The highest BCUT2D eigenvalue weighted by atomic mass is 16.5. The third-order valence-electron chi connectivity index (χ3n) is 5.54. The van der Waals surface area contributed by atoms with Crippen LogP contribution in [0.15, 0.2) is 0 Å². The van der Waals surface area contributed by atoms with Crippen molar-refractivity contribution in [3.8, 4) is 6.07 Å². The normalized spacial score (nSPS) is 25.0. The van der Waals surface area contributed by atoms with Crippen molar-refractivity contribution in [3.63, 3.8) is 0 Å². The lowest BCUT2D eigenvalue weighted by Crippen LogP contribution is -2.42. The van der Waals surface area contributed by atoms with Gasteiger partial charge >= 0.3 is 0 Å². The Kier molecular flexibility index (Phi) is 8.43. The molecule has 0 bridgehead atoms. The zero-order chi connectivity index (χ0) is 19.8. The van der Waals surface area contributed by atoms with Gasteiger partial charge in [0.15, 0.2) is 5.78 Å². The lowest BCUT2D eigenvalue weighted by atomic mass is 9.83. The summed E-state index contributed by atoms with van der Waals surface area (Å²) < 4.78 is 5.44. The van der Waals surface area contributed by atoms with Gasteiger partial charge in [0.1, 0.15) is 17.9 Å². The predicted octanol–water partition coefficient (Wildman–Crippen LogP) is 2.94. The number of carbonyl (C=O) groups is 3. The van der Waals surface area contributed by atoms with E-state index in [1.165, 1.54) is 0 Å². The zero-order valence-electron chi connectivity index (χ0n) is 16.5. The minimum absolute atomic E-state index is 0.0238. The summed E-state index contributed by atoms with van der Waals surface area (Å²) in [5.74, 6) is -0.420. The molecule has 2 fully saturated rings. The monoisotopic (exact) mass is 376 g/mol. The van der Waals surface area contributed by atoms with Gasteiger partial charge in [-0.05, 0) is 44.4 Å². The van der Waals surface area contributed by atoms with Crippen LogP contribution in [0.25, 0.3) is 0 Å². The quantitative estimate of drug-likeness (QED) is 0.667. The van der Waals surface area contributed by atoms with Gasteiger partial charge in [-0.25, -0.2) is 0 Å². The second kappa shape index (κ2) is 10.6. The van der Waals surface area contributed by atoms with Crippen LogP contribution in [0, 0.1) is 29.1 Å². The van der Waals surface area contributed by atoms with E-state index in [1.807, 2.05) is 13.8 Å². The van der Waals surface area contributed by atoms with E-state index < -0.39 is 12.0 Å². The molecule has 2 aliphatic rings. The van der Waals surface area contributed by atoms with E-state index in [1.54, 1.807) is 0 Å². The minimum Gasteiger partial charge on any atom is -0.370 e. The number of ether oxygens (including phenoxy) is 1. The minimum atomic E-state index is -0.683. The summed E-state index contributed by atoms with van der Waals surface area (Å²) >= 11 is 0. The Balaban J connectivity index is 1.94. The Morgan fingerprint density at radius 1 is 1.26 bits per heavy atom. The number of hydrogen-bond donors (Lipinski definition) is 1. The van der Waals surface area contributed by atoms with Crippen LogP contribution in [0.4, 0.5) is 0 Å². The second-order valence-electron chi connectivity index (χ2n) is 8.33. The van der Waals surface area contributed by atoms with E-state index in [4.69, 9.17) is 4.74 Å². The molecule has 27 heavy (non-hydrogen) atoms. The van der Waals surface area contributed by atoms with Crippen LogP contribution in [0.1, 0.15) is 71.6 Å². The number of nitrogens with zero attached hydrogens (tertiary/aromatic N) is 1. The van der Waals surface area contributed by atoms with Crippen molar-refractivity contribution in [1.29, 1.82) is 5.26 Å². The van der Waals surface area contributed by atoms with Gasteiger partial charge in [-0.15, -0.1) is 0 Å². The number of nitrogens with one attached hydrogen (secondary N) is 1. The third-order valence-corrected chi connectivity index (χ3v) is 5.54. The largest absolute Gasteiger partial charge is 0.370 e. The van der Waals surface area contributed by atoms with Crippen LogP contribution >= 0.6 is 0 Å². The molecule has 1 saturated heterocycles. The molecule has 0 aromatic rings. The first-order valence-corrected chi connectivity index (χ1v) is 10.3. The summed E-state index contributed by atoms with van der Waals surface area (Å²) in [6.45, 7) is 4.63. The molecule has 1 amide bonds. The molecule has 0 spiro atoms. The van der Waals surface area contributed by atoms with E-state index in [0.717, 1.165) is 32.1 Å². The molecule has 0 aromatic carbocycles. The maximum Gasteiger partial charge on any atom is 0.224 e. The van der Waals surface area contributed by atoms with Crippen LogP contribution in [0.5, 0.6) is 0 Å². The summed E-state index contributed by atoms with van der Waals surface area (Å²) in [7, 11) is 0. The maximum absolute atomic E-state index is 12.8. The second-order valence-corrected chi connectivity index (χ2v) is 8.33. The third kappa shape index (κ3) is 6.73. The van der Waals surface area contributed by atoms with Crippen molar-refractivity contribution < 1.29 is 19.1 Å². The van der Waals surface area contributed by atoms with Crippen LogP contribution in [0.2, 0.25) is 0 Å². The highest BCUT2D eigenvalue weighted by Gasteiger charge is 2.31. The van der Waals surface area contributed by atoms with E-state index in [2.05, 4.69) is 11.4 Å². The van der Waals surface area contributed by atoms with Gasteiger partial charge in [0, 0.05) is 31.3 Å². The first-order chi connectivity index (χ1) is 12.9. The predicted molar refractivity (Wildman–Crippen MR) is 101 cm³/mol. The molecular formula is C21H32N2O4. The molecule has 1 heterocycles. The molecule has 1 saturated carbocycles. The molecule has 6 heteroatoms. The number of rotatable bonds is 9. The molecular weight excluding hydrogens is 344 g/mol. The Bertz CT molecular complexity index is 575. The molecule has 1 aliphatic heterocycles. The fourth-order valence-corrected chi connectivity index (χ4v) is 4.08. The van der Waals surface area contributed by atoms with E-state index in [-0.39, 0.29) is 41.8 Å². The summed E-state index contributed by atoms with van der Waals surface area (Å²) in [6, 6.07) is 1.44. The standard InChI is InChI=1S/C21H32N2O4/c1-14(2)10-16(12-19(25)20-8-5-9-27-20)21(26)23-17(13-22)11-15-6-3-4-7-18(15)24/h14-17,20H,3-12H2,1-2H3,(H,23,26)/t15-,16+,17-,20+/m0/s1. The van der Waals surface area contributed by atoms with Crippen molar-refractivity contribution in [1.82, 2.24) is 5.32 Å². The van der Waals surface area contributed by atoms with Crippen molar-refractivity contribution >= 4 is 17.5 Å². The van der Waals surface area contributed by atoms with E-state index in [9.17, 15) is 19.6 Å². The van der Waals surface area contributed by atoms with E-state index >= 15 is 0 Å². The first-order valence-electron chi connectivity index (χ1n) is 10.3. The Morgan fingerprint density at radius 3 is 2.63 bits per heavy atom. The van der Waals surface area contributed by atoms with Gasteiger partial charge in [-0.1, -0.05) is 20.3 Å². The van der Waals surface area contributed by atoms with Gasteiger partial charge in [0.05, 0.1) is 6.07 Å². The van der Waals surface area contributed by atoms with Gasteiger partial charge in [-0.3, -0.25) is 14.4 Å². The molecule has 150 valence electrons. The maximum atomic E-state index is 12.8. The number of ketones is 2. The number of amides is 1. The Hall–Kier alpha value is -1.74. The SMILES string of the molecule is CC(C)C[C@H](CC(=O)[C@H]1CCCO1)C(=O)N[C@H](C#N)C[C@@H]1CCCCC1=O. The lowest BCUT2D eigenvalue weighted by molar-refractivity contribution is -0.134. The molecule has 0 unspecified atom stereocenters. The van der Waals surface area contributed by atoms with Crippen LogP contribution in [-0.2, 0) is 19.1 Å². The smallest absolute Gasteiger partial charge is 0.224 e. The highest BCUT2D eigenvalue weighted by molar-refractivity contribution is 5.89. The molecule has 2 rings (SSSR count). The van der Waals surface area contributed by atoms with Crippen molar-refractivity contribution in [2.45, 2.75) is 83.8 Å². The molecule has 0 aromatic heterocycles. The summed E-state index contributed by atoms with van der Waals surface area (Å²) in [4.78, 5) is 37.2. The molecule has 4 atom stereocenters. The first kappa shape index (κ1) is 21.6. The van der Waals surface area contributed by atoms with Gasteiger partial charge in [0.2, 0.25) is 5.91 Å². The van der Waals surface area contributed by atoms with Crippen molar-refractivity contribution in [2.24, 2.45) is 17.8 Å². The Morgan fingerprint density at radius 2 is 2.04 bits per heavy atom. The van der Waals surface area contributed by atoms with Crippen LogP contribution in [-0.4, -0.2) is 36.2 Å². The van der Waals surface area contributed by atoms with Gasteiger partial charge in [0.25, 0.3) is 0 Å². The molecule has 0 radical (unpaired) electrons. The average molecular weight is 376 g/mol. The molecule has 6 nitrogen and oxygen atoms in total. The number of nitriles is 1. The topological polar surface area (TPSA) is 96.3 Å². The highest BCUT2D eigenvalue weighted by Crippen LogP contribution is 2.25. The molecule has 1 N–H and O–H groups in total. The number of carbonyl (C=O) groups excluding carboxylic acids is 3. The van der Waals surface area contributed by atoms with Crippen LogP contribution in [0.3, 0.4) is 0 Å². The van der Waals surface area contributed by atoms with Gasteiger partial charge in [-0.2, -0.15) is 5.26 Å². The Labute approximate surface area is 162 Å². The number of hydrogen-bond acceptors (Lipinski definition) is 5. The fourth-order valence-electron chi connectivity index (χ4n) is 4.08. The average Bonchev–Trinajstić information content (AvgIpc) is 3.16. The summed E-state index contributed by atoms with van der Waals surface area (Å²) in [5, 5.41) is 12.2. The van der Waals surface area contributed by atoms with Crippen molar-refractivity contribution in [3.05, 3.63) is 0 Å². The van der Waals surface area contributed by atoms with Gasteiger partial charge < -0.3 is 10.1 Å².